The second-order valence-corrected chi connectivity index (χ2v) is 6.53. The van der Waals surface area contributed by atoms with Crippen molar-refractivity contribution in [1.82, 2.24) is 4.31 Å². The van der Waals surface area contributed by atoms with Crippen LogP contribution in [0.5, 0.6) is 0 Å². The molecule has 0 saturated carbocycles. The lowest BCUT2D eigenvalue weighted by molar-refractivity contribution is -0.146. The average Bonchev–Trinajstić information content (AvgIpc) is 2.29. The zero-order valence-electron chi connectivity index (χ0n) is 10.7. The first kappa shape index (κ1) is 17.7. The van der Waals surface area contributed by atoms with Crippen LogP contribution < -0.4 is 0 Å². The van der Waals surface area contributed by atoms with E-state index in [2.05, 4.69) is 0 Å². The van der Waals surface area contributed by atoms with Gasteiger partial charge >= 0.3 is 12.1 Å². The van der Waals surface area contributed by atoms with Crippen molar-refractivity contribution in [2.45, 2.75) is 18.0 Å². The van der Waals surface area contributed by atoms with Crippen molar-refractivity contribution in [3.63, 3.8) is 0 Å². The Labute approximate surface area is 124 Å². The second kappa shape index (κ2) is 6.20. The van der Waals surface area contributed by atoms with Crippen LogP contribution in [0.15, 0.2) is 23.1 Å². The summed E-state index contributed by atoms with van der Waals surface area (Å²) in [7, 11) is -4.63. The summed E-state index contributed by atoms with van der Waals surface area (Å²) in [6, 6.07) is 3.68. The summed E-state index contributed by atoms with van der Waals surface area (Å²) in [5.74, 6) is -1.69. The maximum absolute atomic E-state index is 12.5. The molecule has 1 rings (SSSR count). The van der Waals surface area contributed by atoms with Crippen molar-refractivity contribution >= 4 is 27.6 Å². The minimum Gasteiger partial charge on any atom is -0.480 e. The van der Waals surface area contributed by atoms with Gasteiger partial charge in [0.25, 0.3) is 0 Å². The Kier molecular flexibility index (Phi) is 5.24. The molecule has 0 bridgehead atoms. The van der Waals surface area contributed by atoms with Gasteiger partial charge in [0.1, 0.15) is 13.1 Å². The first-order valence-electron chi connectivity index (χ1n) is 5.48. The predicted molar refractivity (Wildman–Crippen MR) is 68.6 cm³/mol. The van der Waals surface area contributed by atoms with E-state index in [1.807, 2.05) is 0 Å². The zero-order valence-corrected chi connectivity index (χ0v) is 12.3. The molecule has 0 aliphatic heterocycles. The number of halogens is 4. The summed E-state index contributed by atoms with van der Waals surface area (Å²) in [6.45, 7) is -1.82. The third-order valence-electron chi connectivity index (χ3n) is 2.44. The van der Waals surface area contributed by atoms with Crippen molar-refractivity contribution in [2.24, 2.45) is 0 Å². The molecule has 5 nitrogen and oxygen atoms in total. The molecule has 118 valence electrons. The number of aryl methyl sites for hydroxylation is 1. The highest BCUT2D eigenvalue weighted by Crippen LogP contribution is 2.26. The number of nitrogens with zero attached hydrogens (tertiary/aromatic N) is 1. The van der Waals surface area contributed by atoms with E-state index >= 15 is 0 Å². The van der Waals surface area contributed by atoms with Gasteiger partial charge in [0.15, 0.2) is 0 Å². The van der Waals surface area contributed by atoms with Crippen LogP contribution in [0.25, 0.3) is 0 Å². The molecule has 0 spiro atoms. The number of hydrogen-bond acceptors (Lipinski definition) is 3. The fourth-order valence-corrected chi connectivity index (χ4v) is 3.43. The van der Waals surface area contributed by atoms with Crippen molar-refractivity contribution in [3.8, 4) is 0 Å². The molecule has 21 heavy (non-hydrogen) atoms. The number of carbonyl (C=O) groups is 1. The minimum atomic E-state index is -4.87. The molecule has 1 aromatic carbocycles. The summed E-state index contributed by atoms with van der Waals surface area (Å²) in [5.41, 5.74) is 0.164. The zero-order chi connectivity index (χ0) is 16.4. The number of benzene rings is 1. The quantitative estimate of drug-likeness (QED) is 0.888. The van der Waals surface area contributed by atoms with E-state index in [-0.39, 0.29) is 14.9 Å². The molecular formula is C11H11ClF3NO4S. The Morgan fingerprint density at radius 3 is 2.43 bits per heavy atom. The van der Waals surface area contributed by atoms with Crippen LogP contribution in [-0.4, -0.2) is 43.1 Å². The highest BCUT2D eigenvalue weighted by atomic mass is 35.5. The predicted octanol–water partition coefficient (Wildman–Crippen LogP) is 2.29. The van der Waals surface area contributed by atoms with Gasteiger partial charge in [-0.3, -0.25) is 4.79 Å². The molecule has 1 N–H and O–H groups in total. The molecule has 1 aromatic rings. The van der Waals surface area contributed by atoms with Crippen LogP contribution >= 0.6 is 11.6 Å². The van der Waals surface area contributed by atoms with E-state index in [0.29, 0.717) is 0 Å². The maximum atomic E-state index is 12.5. The molecule has 0 fully saturated rings. The fourth-order valence-electron chi connectivity index (χ4n) is 1.57. The highest BCUT2D eigenvalue weighted by molar-refractivity contribution is 7.89. The van der Waals surface area contributed by atoms with Crippen LogP contribution in [0.2, 0.25) is 5.02 Å². The molecule has 0 aromatic heterocycles. The third kappa shape index (κ3) is 4.87. The number of sulfonamides is 1. The van der Waals surface area contributed by atoms with Crippen LogP contribution in [0.4, 0.5) is 13.2 Å². The van der Waals surface area contributed by atoms with Crippen molar-refractivity contribution < 1.29 is 31.5 Å². The first-order chi connectivity index (χ1) is 9.43. The lowest BCUT2D eigenvalue weighted by atomic mass is 10.2. The topological polar surface area (TPSA) is 74.7 Å². The summed E-state index contributed by atoms with van der Waals surface area (Å²) >= 11 is 5.64. The Morgan fingerprint density at radius 1 is 1.38 bits per heavy atom. The lowest BCUT2D eigenvalue weighted by Crippen LogP contribution is -2.42. The van der Waals surface area contributed by atoms with Gasteiger partial charge in [-0.05, 0) is 24.6 Å². The van der Waals surface area contributed by atoms with Gasteiger partial charge in [-0.2, -0.15) is 17.5 Å². The molecule has 0 heterocycles. The Balaban J connectivity index is 3.32. The van der Waals surface area contributed by atoms with Crippen molar-refractivity contribution in [1.29, 1.82) is 0 Å². The van der Waals surface area contributed by atoms with Crippen LogP contribution in [0.1, 0.15) is 5.56 Å². The second-order valence-electron chi connectivity index (χ2n) is 4.19. The summed E-state index contributed by atoms with van der Waals surface area (Å²) < 4.78 is 61.7. The summed E-state index contributed by atoms with van der Waals surface area (Å²) in [4.78, 5) is 10.2. The molecular weight excluding hydrogens is 335 g/mol. The lowest BCUT2D eigenvalue weighted by Gasteiger charge is -2.22. The van der Waals surface area contributed by atoms with E-state index in [4.69, 9.17) is 16.7 Å². The molecule has 0 saturated heterocycles. The largest absolute Gasteiger partial charge is 0.480 e. The standard InChI is InChI=1S/C11H11ClF3NO4S/c1-7-2-3-8(12)4-9(7)21(19,20)16(5-10(17)18)6-11(13,14)15/h2-4H,5-6H2,1H3,(H,17,18). The van der Waals surface area contributed by atoms with E-state index in [1.165, 1.54) is 19.1 Å². The van der Waals surface area contributed by atoms with Gasteiger partial charge in [0.2, 0.25) is 10.0 Å². The fraction of sp³-hybridized carbons (Fsp3) is 0.364. The van der Waals surface area contributed by atoms with Crippen LogP contribution in [0, 0.1) is 6.92 Å². The van der Waals surface area contributed by atoms with Crippen molar-refractivity contribution in [3.05, 3.63) is 28.8 Å². The van der Waals surface area contributed by atoms with E-state index in [0.717, 1.165) is 6.07 Å². The van der Waals surface area contributed by atoms with Gasteiger partial charge in [0, 0.05) is 5.02 Å². The molecule has 0 amide bonds. The maximum Gasteiger partial charge on any atom is 0.402 e. The Morgan fingerprint density at radius 2 is 1.95 bits per heavy atom. The van der Waals surface area contributed by atoms with E-state index in [1.54, 1.807) is 0 Å². The number of carboxylic acids is 1. The third-order valence-corrected chi connectivity index (χ3v) is 4.60. The summed E-state index contributed by atoms with van der Waals surface area (Å²) in [5, 5.41) is 8.63. The normalized spacial score (nSPS) is 12.7. The molecule has 0 aliphatic carbocycles. The smallest absolute Gasteiger partial charge is 0.402 e. The molecule has 0 radical (unpaired) electrons. The molecule has 0 atom stereocenters. The monoisotopic (exact) mass is 345 g/mol. The van der Waals surface area contributed by atoms with Gasteiger partial charge < -0.3 is 5.11 Å². The van der Waals surface area contributed by atoms with Crippen molar-refractivity contribution in [2.75, 3.05) is 13.1 Å². The number of rotatable bonds is 5. The van der Waals surface area contributed by atoms with Gasteiger partial charge in [-0.15, -0.1) is 0 Å². The Bertz CT molecular complexity index is 645. The average molecular weight is 346 g/mol. The number of alkyl halides is 3. The van der Waals surface area contributed by atoms with Gasteiger partial charge in [0.05, 0.1) is 4.90 Å². The van der Waals surface area contributed by atoms with Crippen LogP contribution in [-0.2, 0) is 14.8 Å². The number of aliphatic carboxylic acids is 1. The summed E-state index contributed by atoms with van der Waals surface area (Å²) in [6.07, 6.45) is -4.87. The van der Waals surface area contributed by atoms with Crippen LogP contribution in [0.3, 0.4) is 0 Å². The van der Waals surface area contributed by atoms with Gasteiger partial charge in [-0.25, -0.2) is 8.42 Å². The highest BCUT2D eigenvalue weighted by Gasteiger charge is 2.38. The number of hydrogen-bond donors (Lipinski definition) is 1. The number of carboxylic acid groups (broad SMARTS) is 1. The SMILES string of the molecule is Cc1ccc(Cl)cc1S(=O)(=O)N(CC(=O)O)CC(F)(F)F. The Hall–Kier alpha value is -1.32. The molecule has 0 unspecified atom stereocenters. The van der Waals surface area contributed by atoms with Gasteiger partial charge in [-0.1, -0.05) is 17.7 Å². The first-order valence-corrected chi connectivity index (χ1v) is 7.30. The minimum absolute atomic E-state index is 0.0152. The molecule has 10 heteroatoms. The molecule has 0 aliphatic rings. The van der Waals surface area contributed by atoms with E-state index in [9.17, 15) is 26.4 Å². The van der Waals surface area contributed by atoms with E-state index < -0.39 is 40.2 Å².